The van der Waals surface area contributed by atoms with Gasteiger partial charge >= 0.3 is 5.97 Å². The molecule has 0 unspecified atom stereocenters. The minimum atomic E-state index is -1.19. The van der Waals surface area contributed by atoms with Crippen LogP contribution in [0.25, 0.3) is 6.08 Å². The number of carbonyl (C=O) groups excluding carboxylic acids is 1. The van der Waals surface area contributed by atoms with E-state index in [2.05, 4.69) is 4.74 Å². The molecule has 0 aromatic heterocycles. The van der Waals surface area contributed by atoms with Crippen molar-refractivity contribution in [3.05, 3.63) is 42.0 Å². The number of rotatable bonds is 4. The topological polar surface area (TPSA) is 46.5 Å². The lowest BCUT2D eigenvalue weighted by molar-refractivity contribution is -0.150. The van der Waals surface area contributed by atoms with Crippen molar-refractivity contribution in [1.82, 2.24) is 0 Å². The van der Waals surface area contributed by atoms with Crippen LogP contribution in [0.1, 0.15) is 12.5 Å². The predicted octanol–water partition coefficient (Wildman–Crippen LogP) is 1.62. The zero-order chi connectivity index (χ0) is 11.1. The van der Waals surface area contributed by atoms with Crippen LogP contribution in [0.4, 0.5) is 0 Å². The zero-order valence-electron chi connectivity index (χ0n) is 8.59. The zero-order valence-corrected chi connectivity index (χ0v) is 8.59. The quantitative estimate of drug-likeness (QED) is 0.761. The molecule has 15 heavy (non-hydrogen) atoms. The highest BCUT2D eigenvalue weighted by molar-refractivity contribution is 5.77. The number of benzene rings is 1. The average Bonchev–Trinajstić information content (AvgIpc) is 2.27. The first kappa shape index (κ1) is 11.5. The molecule has 1 N–H and O–H groups in total. The minimum Gasteiger partial charge on any atom is -0.464 e. The molecule has 1 atom stereocenters. The monoisotopic (exact) mass is 206 g/mol. The summed E-state index contributed by atoms with van der Waals surface area (Å²) in [5.74, 6) is -0.621. The van der Waals surface area contributed by atoms with Gasteiger partial charge in [0, 0.05) is 0 Å². The van der Waals surface area contributed by atoms with Crippen molar-refractivity contribution in [1.29, 1.82) is 0 Å². The van der Waals surface area contributed by atoms with Crippen LogP contribution in [-0.4, -0.2) is 23.8 Å². The fourth-order valence-corrected chi connectivity index (χ4v) is 1.07. The predicted molar refractivity (Wildman–Crippen MR) is 58.1 cm³/mol. The van der Waals surface area contributed by atoms with Gasteiger partial charge < -0.3 is 9.84 Å². The summed E-state index contributed by atoms with van der Waals surface area (Å²) < 4.78 is 4.65. The third-order valence-electron chi connectivity index (χ3n) is 1.80. The number of esters is 1. The van der Waals surface area contributed by atoms with Gasteiger partial charge in [0.1, 0.15) is 0 Å². The molecule has 1 aromatic rings. The van der Waals surface area contributed by atoms with E-state index in [0.717, 1.165) is 5.56 Å². The van der Waals surface area contributed by atoms with Crippen molar-refractivity contribution in [2.24, 2.45) is 0 Å². The largest absolute Gasteiger partial charge is 0.464 e. The molecule has 0 radical (unpaired) electrons. The van der Waals surface area contributed by atoms with Gasteiger partial charge in [0.15, 0.2) is 6.10 Å². The van der Waals surface area contributed by atoms with E-state index in [0.29, 0.717) is 0 Å². The van der Waals surface area contributed by atoms with Crippen LogP contribution in [-0.2, 0) is 9.53 Å². The number of hydrogen-bond donors (Lipinski definition) is 1. The lowest BCUT2D eigenvalue weighted by atomic mass is 10.2. The van der Waals surface area contributed by atoms with Gasteiger partial charge in [-0.2, -0.15) is 0 Å². The van der Waals surface area contributed by atoms with Crippen molar-refractivity contribution >= 4 is 12.0 Å². The maximum absolute atomic E-state index is 11.0. The van der Waals surface area contributed by atoms with Gasteiger partial charge in [-0.1, -0.05) is 36.4 Å². The molecular formula is C12H14O3. The van der Waals surface area contributed by atoms with E-state index in [4.69, 9.17) is 0 Å². The van der Waals surface area contributed by atoms with Gasteiger partial charge in [-0.05, 0) is 18.6 Å². The smallest absolute Gasteiger partial charge is 0.339 e. The highest BCUT2D eigenvalue weighted by Crippen LogP contribution is 2.02. The van der Waals surface area contributed by atoms with Crippen LogP contribution in [0.2, 0.25) is 0 Å². The lowest BCUT2D eigenvalue weighted by Crippen LogP contribution is -2.20. The van der Waals surface area contributed by atoms with Crippen LogP contribution in [0, 0.1) is 0 Å². The van der Waals surface area contributed by atoms with Crippen molar-refractivity contribution in [2.75, 3.05) is 6.61 Å². The van der Waals surface area contributed by atoms with E-state index in [-0.39, 0.29) is 6.61 Å². The molecule has 0 saturated carbocycles. The second-order valence-corrected chi connectivity index (χ2v) is 2.97. The van der Waals surface area contributed by atoms with E-state index in [1.165, 1.54) is 6.08 Å². The second-order valence-electron chi connectivity index (χ2n) is 2.97. The first-order valence-corrected chi connectivity index (χ1v) is 4.82. The Morgan fingerprint density at radius 1 is 1.47 bits per heavy atom. The van der Waals surface area contributed by atoms with Gasteiger partial charge in [-0.25, -0.2) is 4.79 Å². The van der Waals surface area contributed by atoms with Crippen LogP contribution >= 0.6 is 0 Å². The molecule has 0 aliphatic rings. The Morgan fingerprint density at radius 2 is 2.13 bits per heavy atom. The number of aliphatic hydroxyl groups excluding tert-OH is 1. The molecule has 0 saturated heterocycles. The van der Waals surface area contributed by atoms with Gasteiger partial charge in [0.05, 0.1) is 6.61 Å². The van der Waals surface area contributed by atoms with Crippen molar-refractivity contribution < 1.29 is 14.6 Å². The van der Waals surface area contributed by atoms with E-state index >= 15 is 0 Å². The molecule has 0 amide bonds. The van der Waals surface area contributed by atoms with E-state index in [1.54, 1.807) is 13.0 Å². The lowest BCUT2D eigenvalue weighted by Gasteiger charge is -2.04. The Hall–Kier alpha value is -1.61. The van der Waals surface area contributed by atoms with Crippen LogP contribution in [0.5, 0.6) is 0 Å². The first-order valence-electron chi connectivity index (χ1n) is 4.82. The Balaban J connectivity index is 2.54. The molecule has 0 aliphatic carbocycles. The molecule has 0 fully saturated rings. The van der Waals surface area contributed by atoms with Crippen molar-refractivity contribution in [3.8, 4) is 0 Å². The summed E-state index contributed by atoms with van der Waals surface area (Å²) in [4.78, 5) is 11.0. The molecule has 1 rings (SSSR count). The summed E-state index contributed by atoms with van der Waals surface area (Å²) >= 11 is 0. The second kappa shape index (κ2) is 5.98. The van der Waals surface area contributed by atoms with E-state index in [9.17, 15) is 9.90 Å². The fraction of sp³-hybridized carbons (Fsp3) is 0.250. The molecular weight excluding hydrogens is 192 g/mol. The van der Waals surface area contributed by atoms with Crippen molar-refractivity contribution in [3.63, 3.8) is 0 Å². The van der Waals surface area contributed by atoms with Gasteiger partial charge in [0.25, 0.3) is 0 Å². The Bertz CT molecular complexity index is 330. The summed E-state index contributed by atoms with van der Waals surface area (Å²) in [6, 6.07) is 9.44. The number of ether oxygens (including phenoxy) is 1. The van der Waals surface area contributed by atoms with Crippen molar-refractivity contribution in [2.45, 2.75) is 13.0 Å². The van der Waals surface area contributed by atoms with Crippen LogP contribution < -0.4 is 0 Å². The summed E-state index contributed by atoms with van der Waals surface area (Å²) in [7, 11) is 0. The van der Waals surface area contributed by atoms with Crippen LogP contribution in [0.3, 0.4) is 0 Å². The van der Waals surface area contributed by atoms with Gasteiger partial charge in [0.2, 0.25) is 0 Å². The average molecular weight is 206 g/mol. The Kier molecular flexibility index (Phi) is 4.57. The Labute approximate surface area is 89.0 Å². The number of carbonyl (C=O) groups is 1. The molecule has 0 heterocycles. The van der Waals surface area contributed by atoms with Gasteiger partial charge in [-0.15, -0.1) is 0 Å². The van der Waals surface area contributed by atoms with E-state index < -0.39 is 12.1 Å². The third-order valence-corrected chi connectivity index (χ3v) is 1.80. The molecule has 3 nitrogen and oxygen atoms in total. The highest BCUT2D eigenvalue weighted by Gasteiger charge is 2.11. The normalized spacial score (nSPS) is 12.7. The maximum Gasteiger partial charge on any atom is 0.339 e. The standard InChI is InChI=1S/C12H14O3/c1-2-15-12(14)11(13)9-8-10-6-4-3-5-7-10/h3-9,11,13H,2H2,1H3/b9-8+/t11-/m1/s1. The molecule has 0 aliphatic heterocycles. The Morgan fingerprint density at radius 3 is 2.73 bits per heavy atom. The summed E-state index contributed by atoms with van der Waals surface area (Å²) in [6.45, 7) is 1.97. The summed E-state index contributed by atoms with van der Waals surface area (Å²) in [5, 5.41) is 9.35. The summed E-state index contributed by atoms with van der Waals surface area (Å²) in [5.41, 5.74) is 0.931. The van der Waals surface area contributed by atoms with Crippen LogP contribution in [0.15, 0.2) is 36.4 Å². The number of hydrogen-bond acceptors (Lipinski definition) is 3. The first-order chi connectivity index (χ1) is 7.24. The molecule has 3 heteroatoms. The highest BCUT2D eigenvalue weighted by atomic mass is 16.5. The molecule has 1 aromatic carbocycles. The maximum atomic E-state index is 11.0. The molecule has 0 spiro atoms. The third kappa shape index (κ3) is 3.95. The van der Waals surface area contributed by atoms with E-state index in [1.807, 2.05) is 30.3 Å². The minimum absolute atomic E-state index is 0.273. The fourth-order valence-electron chi connectivity index (χ4n) is 1.07. The summed E-state index contributed by atoms with van der Waals surface area (Å²) in [6.07, 6.45) is 1.90. The molecule has 80 valence electrons. The number of aliphatic hydroxyl groups is 1. The SMILES string of the molecule is CCOC(=O)[C@H](O)/C=C/c1ccccc1. The van der Waals surface area contributed by atoms with Gasteiger partial charge in [-0.3, -0.25) is 0 Å². The molecule has 0 bridgehead atoms.